The minimum Gasteiger partial charge on any atom is -0.459 e. The lowest BCUT2D eigenvalue weighted by molar-refractivity contribution is -0.123. The molecule has 1 aliphatic heterocycles. The third-order valence-electron chi connectivity index (χ3n) is 6.57. The molecule has 35 heavy (non-hydrogen) atoms. The molecular formula is C27H25N3O5. The Labute approximate surface area is 202 Å². The van der Waals surface area contributed by atoms with Crippen molar-refractivity contribution < 1.29 is 23.2 Å². The van der Waals surface area contributed by atoms with Crippen LogP contribution < -0.4 is 4.90 Å². The van der Waals surface area contributed by atoms with E-state index in [9.17, 15) is 14.4 Å². The van der Waals surface area contributed by atoms with E-state index < -0.39 is 23.4 Å². The lowest BCUT2D eigenvalue weighted by atomic mass is 9.95. The summed E-state index contributed by atoms with van der Waals surface area (Å²) in [6.45, 7) is 5.69. The van der Waals surface area contributed by atoms with Crippen molar-refractivity contribution in [1.82, 2.24) is 9.88 Å². The van der Waals surface area contributed by atoms with Crippen LogP contribution in [0.2, 0.25) is 0 Å². The van der Waals surface area contributed by atoms with Crippen LogP contribution in [0.4, 0.5) is 5.69 Å². The number of carbonyl (C=O) groups is 3. The van der Waals surface area contributed by atoms with Crippen molar-refractivity contribution in [2.45, 2.75) is 45.2 Å². The number of rotatable bonds is 6. The average molecular weight is 472 g/mol. The molecule has 0 radical (unpaired) electrons. The number of amides is 3. The Morgan fingerprint density at radius 2 is 1.83 bits per heavy atom. The van der Waals surface area contributed by atoms with Crippen molar-refractivity contribution in [3.05, 3.63) is 72.7 Å². The fourth-order valence-electron chi connectivity index (χ4n) is 4.37. The molecule has 0 bridgehead atoms. The maximum Gasteiger partial charge on any atom is 0.290 e. The van der Waals surface area contributed by atoms with Gasteiger partial charge in [0.2, 0.25) is 11.8 Å². The van der Waals surface area contributed by atoms with Gasteiger partial charge in [0.1, 0.15) is 11.6 Å². The highest BCUT2D eigenvalue weighted by Crippen LogP contribution is 2.33. The maximum atomic E-state index is 13.5. The molecule has 1 fully saturated rings. The van der Waals surface area contributed by atoms with E-state index in [4.69, 9.17) is 8.83 Å². The number of para-hydroxylation sites is 2. The number of fused-ring (bicyclic) bond motifs is 1. The molecule has 8 nitrogen and oxygen atoms in total. The summed E-state index contributed by atoms with van der Waals surface area (Å²) in [4.78, 5) is 46.9. The van der Waals surface area contributed by atoms with Crippen LogP contribution in [0.15, 0.2) is 75.8 Å². The van der Waals surface area contributed by atoms with E-state index in [1.165, 1.54) is 11.2 Å². The number of oxazole rings is 1. The fourth-order valence-corrected chi connectivity index (χ4v) is 4.37. The first-order valence-corrected chi connectivity index (χ1v) is 11.5. The predicted molar refractivity (Wildman–Crippen MR) is 130 cm³/mol. The van der Waals surface area contributed by atoms with Crippen LogP contribution in [0.25, 0.3) is 22.6 Å². The second kappa shape index (κ2) is 8.54. The van der Waals surface area contributed by atoms with Gasteiger partial charge in [-0.15, -0.1) is 0 Å². The smallest absolute Gasteiger partial charge is 0.290 e. The maximum absolute atomic E-state index is 13.5. The molecule has 0 spiro atoms. The number of carbonyl (C=O) groups excluding carboxylic acids is 3. The number of aromatic nitrogens is 1. The summed E-state index contributed by atoms with van der Waals surface area (Å²) in [5.74, 6) is -0.631. The van der Waals surface area contributed by atoms with Crippen molar-refractivity contribution >= 4 is 34.5 Å². The molecular weight excluding hydrogens is 446 g/mol. The van der Waals surface area contributed by atoms with E-state index in [-0.39, 0.29) is 18.1 Å². The van der Waals surface area contributed by atoms with Crippen LogP contribution >= 0.6 is 0 Å². The van der Waals surface area contributed by atoms with Gasteiger partial charge in [0.15, 0.2) is 11.3 Å². The van der Waals surface area contributed by atoms with Gasteiger partial charge in [-0.2, -0.15) is 0 Å². The number of furan rings is 1. The molecule has 178 valence electrons. The van der Waals surface area contributed by atoms with E-state index in [1.54, 1.807) is 36.4 Å². The molecule has 1 atom stereocenters. The summed E-state index contributed by atoms with van der Waals surface area (Å²) in [6, 6.07) is 16.6. The van der Waals surface area contributed by atoms with Crippen LogP contribution in [0.3, 0.4) is 0 Å². The summed E-state index contributed by atoms with van der Waals surface area (Å²) >= 11 is 0. The van der Waals surface area contributed by atoms with E-state index in [1.807, 2.05) is 45.0 Å². The molecule has 8 heteroatoms. The first kappa shape index (κ1) is 22.6. The second-order valence-corrected chi connectivity index (χ2v) is 9.14. The zero-order chi connectivity index (χ0) is 24.7. The van der Waals surface area contributed by atoms with Gasteiger partial charge in [-0.05, 0) is 68.8 Å². The molecule has 5 rings (SSSR count). The fraction of sp³-hybridized carbons (Fsp3) is 0.259. The molecule has 2 aromatic heterocycles. The third-order valence-corrected chi connectivity index (χ3v) is 6.57. The normalized spacial score (nSPS) is 16.3. The number of benzene rings is 2. The van der Waals surface area contributed by atoms with Crippen LogP contribution in [0.5, 0.6) is 0 Å². The van der Waals surface area contributed by atoms with Crippen LogP contribution in [0, 0.1) is 0 Å². The zero-order valence-electron chi connectivity index (χ0n) is 19.7. The van der Waals surface area contributed by atoms with Crippen LogP contribution in [-0.4, -0.2) is 39.2 Å². The van der Waals surface area contributed by atoms with Crippen molar-refractivity contribution in [3.8, 4) is 11.5 Å². The topological polar surface area (TPSA) is 96.9 Å². The van der Waals surface area contributed by atoms with Gasteiger partial charge in [0, 0.05) is 11.1 Å². The molecule has 1 unspecified atom stereocenters. The van der Waals surface area contributed by atoms with Crippen molar-refractivity contribution in [2.75, 3.05) is 4.90 Å². The number of anilines is 1. The lowest BCUT2D eigenvalue weighted by Crippen LogP contribution is -2.55. The Morgan fingerprint density at radius 1 is 1.09 bits per heavy atom. The van der Waals surface area contributed by atoms with Crippen molar-refractivity contribution in [3.63, 3.8) is 0 Å². The molecule has 0 aliphatic carbocycles. The standard InChI is InChI=1S/C27H25N3O5/c1-4-27(2,3)30(26(33)22-10-7-15-34-22)20-16-23(31)29(25(20)32)18-13-11-17(12-14-18)24-28-19-8-5-6-9-21(19)35-24/h5-15,20H,4,16H2,1-3H3. The first-order chi connectivity index (χ1) is 16.8. The summed E-state index contributed by atoms with van der Waals surface area (Å²) in [5.41, 5.74) is 1.92. The Kier molecular flexibility index (Phi) is 5.51. The SMILES string of the molecule is CCC(C)(C)N(C(=O)c1ccco1)C1CC(=O)N(c2ccc(-c3nc4ccccc4o3)cc2)C1=O. The molecule has 3 amide bonds. The monoisotopic (exact) mass is 471 g/mol. The Balaban J connectivity index is 1.44. The van der Waals surface area contributed by atoms with Gasteiger partial charge in [0.25, 0.3) is 11.8 Å². The highest BCUT2D eigenvalue weighted by molar-refractivity contribution is 6.23. The second-order valence-electron chi connectivity index (χ2n) is 9.14. The Morgan fingerprint density at radius 3 is 2.49 bits per heavy atom. The molecule has 1 saturated heterocycles. The molecule has 0 saturated carbocycles. The van der Waals surface area contributed by atoms with Gasteiger partial charge in [0.05, 0.1) is 18.4 Å². The Hall–Kier alpha value is -4.20. The summed E-state index contributed by atoms with van der Waals surface area (Å²) < 4.78 is 11.1. The Bertz CT molecular complexity index is 1370. The third kappa shape index (κ3) is 3.90. The van der Waals surface area contributed by atoms with Gasteiger partial charge in [-0.3, -0.25) is 14.4 Å². The van der Waals surface area contributed by atoms with Crippen LogP contribution in [-0.2, 0) is 9.59 Å². The van der Waals surface area contributed by atoms with Crippen LogP contribution in [0.1, 0.15) is 44.2 Å². The van der Waals surface area contributed by atoms with Crippen molar-refractivity contribution in [2.24, 2.45) is 0 Å². The minimum atomic E-state index is -0.924. The molecule has 4 aromatic rings. The van der Waals surface area contributed by atoms with Gasteiger partial charge >= 0.3 is 0 Å². The predicted octanol–water partition coefficient (Wildman–Crippen LogP) is 5.05. The first-order valence-electron chi connectivity index (χ1n) is 11.5. The van der Waals surface area contributed by atoms with E-state index in [2.05, 4.69) is 4.98 Å². The summed E-state index contributed by atoms with van der Waals surface area (Å²) in [7, 11) is 0. The zero-order valence-corrected chi connectivity index (χ0v) is 19.7. The minimum absolute atomic E-state index is 0.0956. The summed E-state index contributed by atoms with van der Waals surface area (Å²) in [5, 5.41) is 0. The van der Waals surface area contributed by atoms with E-state index >= 15 is 0 Å². The number of hydrogen-bond donors (Lipinski definition) is 0. The lowest BCUT2D eigenvalue weighted by Gasteiger charge is -2.40. The van der Waals surface area contributed by atoms with Gasteiger partial charge in [-0.25, -0.2) is 9.88 Å². The molecule has 0 N–H and O–H groups in total. The average Bonchev–Trinajstić information content (AvgIpc) is 3.59. The van der Waals surface area contributed by atoms with E-state index in [0.717, 1.165) is 16.0 Å². The molecule has 1 aliphatic rings. The molecule has 3 heterocycles. The highest BCUT2D eigenvalue weighted by atomic mass is 16.3. The molecule has 2 aromatic carbocycles. The van der Waals surface area contributed by atoms with E-state index in [0.29, 0.717) is 23.6 Å². The quantitative estimate of drug-likeness (QED) is 0.365. The van der Waals surface area contributed by atoms with Crippen molar-refractivity contribution in [1.29, 1.82) is 0 Å². The number of nitrogens with zero attached hydrogens (tertiary/aromatic N) is 3. The number of imide groups is 1. The largest absolute Gasteiger partial charge is 0.459 e. The summed E-state index contributed by atoms with van der Waals surface area (Å²) in [6.07, 6.45) is 1.91. The van der Waals surface area contributed by atoms with Gasteiger partial charge < -0.3 is 13.7 Å². The van der Waals surface area contributed by atoms with Gasteiger partial charge in [-0.1, -0.05) is 19.1 Å². The number of hydrogen-bond acceptors (Lipinski definition) is 6. The highest BCUT2D eigenvalue weighted by Gasteiger charge is 2.48.